The van der Waals surface area contributed by atoms with Crippen LogP contribution in [0.25, 0.3) is 55.6 Å². The molecule has 7 rings (SSSR count). The Morgan fingerprint density at radius 3 is 2.62 bits per heavy atom. The van der Waals surface area contributed by atoms with Gasteiger partial charge in [0.05, 0.1) is 23.1 Å². The summed E-state index contributed by atoms with van der Waals surface area (Å²) in [5.74, 6) is 0.191. The molecule has 1 saturated carbocycles. The molecule has 0 spiro atoms. The van der Waals surface area contributed by atoms with Crippen LogP contribution in [-0.4, -0.2) is 36.0 Å². The normalized spacial score (nSPS) is 14.2. The third kappa shape index (κ3) is 4.44. The molecule has 1 amide bonds. The Morgan fingerprint density at radius 2 is 1.74 bits per heavy atom. The molecule has 8 nitrogen and oxygen atoms in total. The zero-order chi connectivity index (χ0) is 26.2. The summed E-state index contributed by atoms with van der Waals surface area (Å²) in [7, 11) is 0. The Hall–Kier alpha value is -4.85. The zero-order valence-corrected chi connectivity index (χ0v) is 21.3. The number of hydrogen-bond acceptors (Lipinski definition) is 5. The number of nitrogens with one attached hydrogen (secondary N) is 3. The van der Waals surface area contributed by atoms with Crippen LogP contribution in [0.3, 0.4) is 0 Å². The maximum atomic E-state index is 12.8. The first-order valence-corrected chi connectivity index (χ1v) is 13.4. The lowest BCUT2D eigenvalue weighted by Gasteiger charge is -2.20. The van der Waals surface area contributed by atoms with Crippen LogP contribution in [0.1, 0.15) is 32.1 Å². The van der Waals surface area contributed by atoms with Crippen LogP contribution in [0.5, 0.6) is 0 Å². The van der Waals surface area contributed by atoms with Crippen LogP contribution in [0.4, 0.5) is 5.69 Å². The largest absolute Gasteiger partial charge is 0.338 e. The van der Waals surface area contributed by atoms with Crippen molar-refractivity contribution in [3.8, 4) is 33.6 Å². The summed E-state index contributed by atoms with van der Waals surface area (Å²) in [6, 6.07) is 16.2. The third-order valence-electron chi connectivity index (χ3n) is 7.64. The number of carbonyl (C=O) groups excluding carboxylic acids is 1. The molecule has 0 bridgehead atoms. The summed E-state index contributed by atoms with van der Waals surface area (Å²) in [6.07, 6.45) is 14.4. The number of nitrogens with zero attached hydrogens (tertiary/aromatic N) is 4. The molecule has 0 aliphatic heterocycles. The lowest BCUT2D eigenvalue weighted by atomic mass is 9.88. The van der Waals surface area contributed by atoms with Crippen molar-refractivity contribution in [3.63, 3.8) is 0 Å². The second-order valence-electron chi connectivity index (χ2n) is 10.2. The number of anilines is 1. The van der Waals surface area contributed by atoms with Crippen molar-refractivity contribution in [2.45, 2.75) is 32.1 Å². The van der Waals surface area contributed by atoms with Crippen molar-refractivity contribution in [2.24, 2.45) is 5.92 Å². The zero-order valence-electron chi connectivity index (χ0n) is 21.3. The number of benzene rings is 1. The maximum Gasteiger partial charge on any atom is 0.227 e. The molecule has 0 atom stereocenters. The van der Waals surface area contributed by atoms with Gasteiger partial charge >= 0.3 is 0 Å². The van der Waals surface area contributed by atoms with Gasteiger partial charge in [-0.15, -0.1) is 0 Å². The number of rotatable bonds is 5. The van der Waals surface area contributed by atoms with E-state index in [2.05, 4.69) is 47.6 Å². The molecule has 39 heavy (non-hydrogen) atoms. The van der Waals surface area contributed by atoms with Crippen molar-refractivity contribution >= 4 is 33.5 Å². The van der Waals surface area contributed by atoms with E-state index in [4.69, 9.17) is 0 Å². The van der Waals surface area contributed by atoms with Gasteiger partial charge in [-0.1, -0.05) is 31.4 Å². The smallest absolute Gasteiger partial charge is 0.227 e. The summed E-state index contributed by atoms with van der Waals surface area (Å²) < 4.78 is 0. The molecule has 1 fully saturated rings. The number of H-pyrrole nitrogens is 2. The number of hydrogen-bond donors (Lipinski definition) is 3. The van der Waals surface area contributed by atoms with Crippen molar-refractivity contribution in [1.29, 1.82) is 0 Å². The predicted octanol–water partition coefficient (Wildman–Crippen LogP) is 6.75. The molecule has 1 aliphatic carbocycles. The van der Waals surface area contributed by atoms with Gasteiger partial charge in [0.15, 0.2) is 0 Å². The van der Waals surface area contributed by atoms with Crippen LogP contribution in [0, 0.1) is 5.92 Å². The number of aromatic amines is 2. The quantitative estimate of drug-likeness (QED) is 0.236. The van der Waals surface area contributed by atoms with E-state index in [0.717, 1.165) is 86.9 Å². The highest BCUT2D eigenvalue weighted by molar-refractivity contribution is 6.01. The number of fused-ring (bicyclic) bond motifs is 2. The van der Waals surface area contributed by atoms with Gasteiger partial charge in [0.25, 0.3) is 0 Å². The van der Waals surface area contributed by atoms with E-state index in [1.165, 1.54) is 6.42 Å². The Balaban J connectivity index is 1.23. The van der Waals surface area contributed by atoms with E-state index in [-0.39, 0.29) is 11.8 Å². The molecule has 5 aromatic heterocycles. The molecule has 5 heterocycles. The molecular weight excluding hydrogens is 486 g/mol. The van der Waals surface area contributed by atoms with Gasteiger partial charge < -0.3 is 10.3 Å². The van der Waals surface area contributed by atoms with Crippen LogP contribution >= 0.6 is 0 Å². The van der Waals surface area contributed by atoms with Gasteiger partial charge in [0.1, 0.15) is 11.3 Å². The fraction of sp³-hybridized carbons (Fsp3) is 0.194. The monoisotopic (exact) mass is 513 g/mol. The SMILES string of the molecule is O=C(Nc1cncc(-c2ccc3[nH]nc(-c4cc5c(-c6cccnc6)ccnc5[nH]4)c3c2)c1)C1CCCCC1. The summed E-state index contributed by atoms with van der Waals surface area (Å²) in [5.41, 5.74) is 8.17. The molecule has 0 radical (unpaired) electrons. The highest BCUT2D eigenvalue weighted by atomic mass is 16.1. The lowest BCUT2D eigenvalue weighted by Crippen LogP contribution is -2.24. The minimum atomic E-state index is 0.0942. The Bertz CT molecular complexity index is 1800. The summed E-state index contributed by atoms with van der Waals surface area (Å²) in [6.45, 7) is 0. The van der Waals surface area contributed by atoms with Gasteiger partial charge in [-0.25, -0.2) is 4.98 Å². The lowest BCUT2D eigenvalue weighted by molar-refractivity contribution is -0.120. The molecule has 3 N–H and O–H groups in total. The first-order chi connectivity index (χ1) is 19.2. The van der Waals surface area contributed by atoms with Gasteiger partial charge in [-0.2, -0.15) is 5.10 Å². The second-order valence-corrected chi connectivity index (χ2v) is 10.2. The van der Waals surface area contributed by atoms with E-state index in [1.54, 1.807) is 18.6 Å². The number of pyridine rings is 3. The van der Waals surface area contributed by atoms with Crippen LogP contribution in [0.15, 0.2) is 79.5 Å². The van der Waals surface area contributed by atoms with E-state index >= 15 is 0 Å². The van der Waals surface area contributed by atoms with Crippen LogP contribution < -0.4 is 5.32 Å². The predicted molar refractivity (Wildman–Crippen MR) is 153 cm³/mol. The highest BCUT2D eigenvalue weighted by Gasteiger charge is 2.21. The molecule has 1 aromatic carbocycles. The number of carbonyl (C=O) groups is 1. The average molecular weight is 514 g/mol. The van der Waals surface area contributed by atoms with Crippen LogP contribution in [-0.2, 0) is 4.79 Å². The molecule has 192 valence electrons. The molecule has 0 saturated heterocycles. The van der Waals surface area contributed by atoms with Crippen molar-refractivity contribution in [1.82, 2.24) is 30.1 Å². The standard InChI is InChI=1S/C31H27N7O/c39-31(19-5-2-1-3-6-19)35-23-13-22(17-33-18-23)20-8-9-27-26(14-20)29(38-37-27)28-15-25-24(10-12-34-30(25)36-28)21-7-4-11-32-16-21/h4,7-19H,1-3,5-6H2,(H,34,36)(H,35,39)(H,37,38). The molecule has 0 unspecified atom stereocenters. The van der Waals surface area contributed by atoms with Gasteiger partial charge in [0.2, 0.25) is 5.91 Å². The topological polar surface area (TPSA) is 112 Å². The maximum absolute atomic E-state index is 12.8. The van der Waals surface area contributed by atoms with E-state index in [1.807, 2.05) is 48.8 Å². The Labute approximate surface area is 224 Å². The first kappa shape index (κ1) is 23.3. The Morgan fingerprint density at radius 1 is 0.846 bits per heavy atom. The fourth-order valence-electron chi connectivity index (χ4n) is 5.60. The summed E-state index contributed by atoms with van der Waals surface area (Å²) in [5, 5.41) is 12.9. The Kier molecular flexibility index (Phi) is 5.85. The van der Waals surface area contributed by atoms with Gasteiger partial charge in [-0.3, -0.25) is 19.9 Å². The number of aromatic nitrogens is 6. The molecule has 6 aromatic rings. The van der Waals surface area contributed by atoms with Gasteiger partial charge in [-0.05, 0) is 60.4 Å². The highest BCUT2D eigenvalue weighted by Crippen LogP contribution is 2.35. The number of amides is 1. The molecular formula is C31H27N7O. The van der Waals surface area contributed by atoms with Crippen LogP contribution in [0.2, 0.25) is 0 Å². The van der Waals surface area contributed by atoms with E-state index < -0.39 is 0 Å². The average Bonchev–Trinajstić information content (AvgIpc) is 3.62. The summed E-state index contributed by atoms with van der Waals surface area (Å²) >= 11 is 0. The fourth-order valence-corrected chi connectivity index (χ4v) is 5.60. The first-order valence-electron chi connectivity index (χ1n) is 13.4. The minimum Gasteiger partial charge on any atom is -0.338 e. The molecule has 8 heteroatoms. The van der Waals surface area contributed by atoms with Crippen molar-refractivity contribution < 1.29 is 4.79 Å². The van der Waals surface area contributed by atoms with Crippen molar-refractivity contribution in [2.75, 3.05) is 5.32 Å². The van der Waals surface area contributed by atoms with Crippen molar-refractivity contribution in [3.05, 3.63) is 79.5 Å². The van der Waals surface area contributed by atoms with Gasteiger partial charge in [0, 0.05) is 52.6 Å². The molecule has 1 aliphatic rings. The third-order valence-corrected chi connectivity index (χ3v) is 7.64. The minimum absolute atomic E-state index is 0.0942. The summed E-state index contributed by atoms with van der Waals surface area (Å²) in [4.78, 5) is 29.5. The van der Waals surface area contributed by atoms with E-state index in [9.17, 15) is 4.79 Å². The van der Waals surface area contributed by atoms with E-state index in [0.29, 0.717) is 0 Å². The second kappa shape index (κ2) is 9.79.